The predicted molar refractivity (Wildman–Crippen MR) is 99.9 cm³/mol. The molecule has 0 saturated carbocycles. The fraction of sp³-hybridized carbons (Fsp3) is 0.263. The van der Waals surface area contributed by atoms with Crippen molar-refractivity contribution in [2.75, 3.05) is 22.5 Å². The third-order valence-corrected chi connectivity index (χ3v) is 6.13. The maximum absolute atomic E-state index is 12.9. The van der Waals surface area contributed by atoms with Crippen LogP contribution in [0.1, 0.15) is 18.9 Å². The Kier molecular flexibility index (Phi) is 5.27. The van der Waals surface area contributed by atoms with Gasteiger partial charge in [-0.05, 0) is 54.4 Å². The van der Waals surface area contributed by atoms with E-state index < -0.39 is 21.6 Å². The summed E-state index contributed by atoms with van der Waals surface area (Å²) in [7, 11) is -3.64. The van der Waals surface area contributed by atoms with Crippen molar-refractivity contribution < 1.29 is 22.4 Å². The molecule has 0 saturated heterocycles. The van der Waals surface area contributed by atoms with Crippen molar-refractivity contribution in [3.63, 3.8) is 0 Å². The topological polar surface area (TPSA) is 83.6 Å². The molecule has 1 aliphatic rings. The SMILES string of the molecule is CC(=O)N1CCc2cc(S(=O)(=O)CCC(=O)Nc3ccc(F)cc3)ccc21. The van der Waals surface area contributed by atoms with E-state index in [4.69, 9.17) is 0 Å². The summed E-state index contributed by atoms with van der Waals surface area (Å²) in [4.78, 5) is 25.3. The van der Waals surface area contributed by atoms with Crippen LogP contribution < -0.4 is 10.2 Å². The van der Waals surface area contributed by atoms with E-state index in [1.807, 2.05) is 0 Å². The summed E-state index contributed by atoms with van der Waals surface area (Å²) in [6, 6.07) is 9.91. The van der Waals surface area contributed by atoms with Crippen molar-refractivity contribution in [1.82, 2.24) is 0 Å². The van der Waals surface area contributed by atoms with Gasteiger partial charge in [0.1, 0.15) is 5.82 Å². The van der Waals surface area contributed by atoms with Gasteiger partial charge in [0.25, 0.3) is 0 Å². The highest BCUT2D eigenvalue weighted by Gasteiger charge is 2.25. The van der Waals surface area contributed by atoms with Gasteiger partial charge in [0.2, 0.25) is 11.8 Å². The van der Waals surface area contributed by atoms with Gasteiger partial charge in [-0.3, -0.25) is 9.59 Å². The molecule has 1 N–H and O–H groups in total. The highest BCUT2D eigenvalue weighted by atomic mass is 32.2. The second-order valence-corrected chi connectivity index (χ2v) is 8.44. The third kappa shape index (κ3) is 4.33. The van der Waals surface area contributed by atoms with Crippen LogP contribution in [0.15, 0.2) is 47.4 Å². The number of anilines is 2. The average molecular weight is 390 g/mol. The molecule has 3 rings (SSSR count). The third-order valence-electron chi connectivity index (χ3n) is 4.41. The van der Waals surface area contributed by atoms with Crippen LogP contribution in [0.25, 0.3) is 0 Å². The number of nitrogens with one attached hydrogen (secondary N) is 1. The van der Waals surface area contributed by atoms with Crippen LogP contribution in [0.5, 0.6) is 0 Å². The van der Waals surface area contributed by atoms with E-state index in [1.54, 1.807) is 17.0 Å². The first-order chi connectivity index (χ1) is 12.8. The number of hydrogen-bond donors (Lipinski definition) is 1. The number of fused-ring (bicyclic) bond motifs is 1. The van der Waals surface area contributed by atoms with Crippen LogP contribution in [0.4, 0.5) is 15.8 Å². The maximum atomic E-state index is 12.9. The lowest BCUT2D eigenvalue weighted by Crippen LogP contribution is -2.25. The Morgan fingerprint density at radius 2 is 1.85 bits per heavy atom. The monoisotopic (exact) mass is 390 g/mol. The summed E-state index contributed by atoms with van der Waals surface area (Å²) in [5.41, 5.74) is 1.94. The van der Waals surface area contributed by atoms with Gasteiger partial charge >= 0.3 is 0 Å². The molecule has 1 heterocycles. The van der Waals surface area contributed by atoms with Crippen molar-refractivity contribution in [2.45, 2.75) is 24.7 Å². The molecule has 0 atom stereocenters. The number of hydrogen-bond acceptors (Lipinski definition) is 4. The van der Waals surface area contributed by atoms with Gasteiger partial charge < -0.3 is 10.2 Å². The van der Waals surface area contributed by atoms with Crippen LogP contribution >= 0.6 is 0 Å². The number of sulfone groups is 1. The molecule has 0 aromatic heterocycles. The van der Waals surface area contributed by atoms with Gasteiger partial charge in [-0.1, -0.05) is 0 Å². The maximum Gasteiger partial charge on any atom is 0.225 e. The summed E-state index contributed by atoms with van der Waals surface area (Å²) in [5.74, 6) is -1.30. The Morgan fingerprint density at radius 3 is 2.52 bits per heavy atom. The molecule has 6 nitrogen and oxygen atoms in total. The quantitative estimate of drug-likeness (QED) is 0.850. The van der Waals surface area contributed by atoms with Gasteiger partial charge in [-0.25, -0.2) is 12.8 Å². The predicted octanol–water partition coefficient (Wildman–Crippen LogP) is 2.54. The van der Waals surface area contributed by atoms with Crippen LogP contribution in [-0.2, 0) is 25.8 Å². The molecule has 142 valence electrons. The van der Waals surface area contributed by atoms with Crippen molar-refractivity contribution in [3.8, 4) is 0 Å². The number of carbonyl (C=O) groups is 2. The minimum Gasteiger partial charge on any atom is -0.326 e. The number of nitrogens with zero attached hydrogens (tertiary/aromatic N) is 1. The Balaban J connectivity index is 1.66. The van der Waals surface area contributed by atoms with Crippen molar-refractivity contribution in [1.29, 1.82) is 0 Å². The van der Waals surface area contributed by atoms with Crippen LogP contribution in [0.2, 0.25) is 0 Å². The largest absolute Gasteiger partial charge is 0.326 e. The van der Waals surface area contributed by atoms with Crippen molar-refractivity contribution in [3.05, 3.63) is 53.8 Å². The van der Waals surface area contributed by atoms with Gasteiger partial charge in [-0.2, -0.15) is 0 Å². The normalized spacial score (nSPS) is 13.3. The number of halogens is 1. The van der Waals surface area contributed by atoms with E-state index >= 15 is 0 Å². The highest BCUT2D eigenvalue weighted by molar-refractivity contribution is 7.91. The highest BCUT2D eigenvalue weighted by Crippen LogP contribution is 2.30. The molecule has 0 radical (unpaired) electrons. The molecule has 27 heavy (non-hydrogen) atoms. The van der Waals surface area contributed by atoms with E-state index in [0.717, 1.165) is 11.3 Å². The Morgan fingerprint density at radius 1 is 1.15 bits per heavy atom. The van der Waals surface area contributed by atoms with E-state index in [9.17, 15) is 22.4 Å². The number of amides is 2. The molecule has 2 amide bonds. The standard InChI is InChI=1S/C19H19FN2O4S/c1-13(23)22-10-8-14-12-17(6-7-18(14)22)27(25,26)11-9-19(24)21-16-4-2-15(20)3-5-16/h2-7,12H,8-11H2,1H3,(H,21,24). The van der Waals surface area contributed by atoms with E-state index in [1.165, 1.54) is 37.3 Å². The van der Waals surface area contributed by atoms with Crippen LogP contribution in [0.3, 0.4) is 0 Å². The minimum atomic E-state index is -3.64. The Hall–Kier alpha value is -2.74. The lowest BCUT2D eigenvalue weighted by atomic mass is 10.2. The zero-order valence-corrected chi connectivity index (χ0v) is 15.6. The minimum absolute atomic E-state index is 0.0816. The second-order valence-electron chi connectivity index (χ2n) is 6.34. The molecule has 0 spiro atoms. The molecule has 0 unspecified atom stereocenters. The summed E-state index contributed by atoms with van der Waals surface area (Å²) < 4.78 is 37.9. The Bertz CT molecular complexity index is 987. The summed E-state index contributed by atoms with van der Waals surface area (Å²) in [6.45, 7) is 2.01. The fourth-order valence-corrected chi connectivity index (χ4v) is 4.29. The van der Waals surface area contributed by atoms with Gasteiger partial charge in [0.05, 0.1) is 10.6 Å². The lowest BCUT2D eigenvalue weighted by Gasteiger charge is -2.15. The van der Waals surface area contributed by atoms with Crippen LogP contribution in [0, 0.1) is 5.82 Å². The van der Waals surface area contributed by atoms with Gasteiger partial charge in [0.15, 0.2) is 9.84 Å². The van der Waals surface area contributed by atoms with Crippen molar-refractivity contribution in [2.24, 2.45) is 0 Å². The summed E-state index contributed by atoms with van der Waals surface area (Å²) in [6.07, 6.45) is 0.389. The first-order valence-electron chi connectivity index (χ1n) is 8.45. The number of carbonyl (C=O) groups excluding carboxylic acids is 2. The molecular weight excluding hydrogens is 371 g/mol. The molecule has 0 fully saturated rings. The molecular formula is C19H19FN2O4S. The van der Waals surface area contributed by atoms with Crippen molar-refractivity contribution >= 4 is 33.0 Å². The summed E-state index contributed by atoms with van der Waals surface area (Å²) >= 11 is 0. The lowest BCUT2D eigenvalue weighted by molar-refractivity contribution is -0.117. The molecule has 0 aliphatic carbocycles. The molecule has 2 aromatic carbocycles. The Labute approximate surface area is 156 Å². The van der Waals surface area contributed by atoms with E-state index in [0.29, 0.717) is 18.7 Å². The number of benzene rings is 2. The van der Waals surface area contributed by atoms with Gasteiger partial charge in [0, 0.05) is 31.3 Å². The average Bonchev–Trinajstić information content (AvgIpc) is 3.05. The molecule has 2 aromatic rings. The molecule has 0 bridgehead atoms. The summed E-state index contributed by atoms with van der Waals surface area (Å²) in [5, 5.41) is 2.54. The number of rotatable bonds is 5. The molecule has 8 heteroatoms. The van der Waals surface area contributed by atoms with Gasteiger partial charge in [-0.15, -0.1) is 0 Å². The first-order valence-corrected chi connectivity index (χ1v) is 10.1. The van der Waals surface area contributed by atoms with E-state index in [2.05, 4.69) is 5.32 Å². The fourth-order valence-electron chi connectivity index (χ4n) is 3.00. The first kappa shape index (κ1) is 19.0. The second kappa shape index (κ2) is 7.48. The molecule has 1 aliphatic heterocycles. The zero-order chi connectivity index (χ0) is 19.6. The zero-order valence-electron chi connectivity index (χ0n) is 14.7. The van der Waals surface area contributed by atoms with E-state index in [-0.39, 0.29) is 23.0 Å². The van der Waals surface area contributed by atoms with Crippen LogP contribution in [-0.4, -0.2) is 32.5 Å². The smallest absolute Gasteiger partial charge is 0.225 e.